The molecule has 4 nitrogen and oxygen atoms in total. The lowest BCUT2D eigenvalue weighted by Gasteiger charge is -2.55. The molecule has 5 aliphatic carbocycles. The van der Waals surface area contributed by atoms with Crippen molar-refractivity contribution >= 4 is 11.8 Å². The Balaban J connectivity index is 1.26. The smallest absolute Gasteiger partial charge is 0.239 e. The van der Waals surface area contributed by atoms with Crippen molar-refractivity contribution in [2.45, 2.75) is 89.5 Å². The van der Waals surface area contributed by atoms with Gasteiger partial charge in [-0.15, -0.1) is 0 Å². The Bertz CT molecular complexity index is 473. The van der Waals surface area contributed by atoms with Gasteiger partial charge in [0.2, 0.25) is 11.8 Å². The molecule has 2 N–H and O–H groups in total. The molecule has 2 amide bonds. The molecule has 140 valence electrons. The van der Waals surface area contributed by atoms with Gasteiger partial charge in [-0.05, 0) is 69.1 Å². The van der Waals surface area contributed by atoms with E-state index in [0.717, 1.165) is 49.9 Å². The van der Waals surface area contributed by atoms with Crippen LogP contribution in [0.5, 0.6) is 0 Å². The molecule has 0 aromatic rings. The lowest BCUT2D eigenvalue weighted by atomic mass is 9.49. The van der Waals surface area contributed by atoms with E-state index >= 15 is 0 Å². The van der Waals surface area contributed by atoms with Crippen LogP contribution in [0.25, 0.3) is 0 Å². The Kier molecular flexibility index (Phi) is 5.06. The summed E-state index contributed by atoms with van der Waals surface area (Å²) in [5.74, 6) is 2.46. The summed E-state index contributed by atoms with van der Waals surface area (Å²) in [6.07, 6.45) is 15.7. The second-order valence-corrected chi connectivity index (χ2v) is 9.49. The van der Waals surface area contributed by atoms with Crippen molar-refractivity contribution in [3.63, 3.8) is 0 Å². The monoisotopic (exact) mass is 346 g/mol. The highest BCUT2D eigenvalue weighted by molar-refractivity contribution is 5.88. The predicted octanol–water partition coefficient (Wildman–Crippen LogP) is 3.55. The standard InChI is InChI=1S/C21H34N2O2/c24-19(23-18-6-4-2-1-3-5-7-18)14-22-20(25)21-11-15-8-16(12-21)10-17(9-15)13-21/h15-18H,1-14H2,(H,22,25)(H,23,24). The molecule has 5 aliphatic rings. The number of carbonyl (C=O) groups excluding carboxylic acids is 2. The van der Waals surface area contributed by atoms with Crippen molar-refractivity contribution in [1.29, 1.82) is 0 Å². The number of hydrogen-bond donors (Lipinski definition) is 2. The Morgan fingerprint density at radius 1 is 0.800 bits per heavy atom. The van der Waals surface area contributed by atoms with Gasteiger partial charge < -0.3 is 10.6 Å². The molecule has 0 aliphatic heterocycles. The third kappa shape index (κ3) is 3.88. The zero-order valence-corrected chi connectivity index (χ0v) is 15.5. The van der Waals surface area contributed by atoms with Crippen LogP contribution in [-0.4, -0.2) is 24.4 Å². The lowest BCUT2D eigenvalue weighted by Crippen LogP contribution is -2.55. The van der Waals surface area contributed by atoms with Crippen molar-refractivity contribution in [3.8, 4) is 0 Å². The lowest BCUT2D eigenvalue weighted by molar-refractivity contribution is -0.147. The van der Waals surface area contributed by atoms with Crippen LogP contribution >= 0.6 is 0 Å². The third-order valence-corrected chi connectivity index (χ3v) is 7.40. The van der Waals surface area contributed by atoms with Gasteiger partial charge in [-0.25, -0.2) is 0 Å². The molecular formula is C21H34N2O2. The second-order valence-electron chi connectivity index (χ2n) is 9.49. The van der Waals surface area contributed by atoms with Crippen LogP contribution in [0.3, 0.4) is 0 Å². The van der Waals surface area contributed by atoms with Gasteiger partial charge in [-0.2, -0.15) is 0 Å². The van der Waals surface area contributed by atoms with Crippen molar-refractivity contribution in [1.82, 2.24) is 10.6 Å². The zero-order valence-electron chi connectivity index (χ0n) is 15.5. The molecular weight excluding hydrogens is 312 g/mol. The van der Waals surface area contributed by atoms with E-state index in [1.807, 2.05) is 0 Å². The summed E-state index contributed by atoms with van der Waals surface area (Å²) in [6.45, 7) is 0.164. The Labute approximate surface area is 151 Å². The maximum Gasteiger partial charge on any atom is 0.239 e. The molecule has 5 rings (SSSR count). The minimum absolute atomic E-state index is 0.00338. The van der Waals surface area contributed by atoms with Crippen LogP contribution < -0.4 is 10.6 Å². The first kappa shape index (κ1) is 17.4. The highest BCUT2D eigenvalue weighted by Crippen LogP contribution is 2.60. The molecule has 4 heteroatoms. The van der Waals surface area contributed by atoms with Gasteiger partial charge in [0.25, 0.3) is 0 Å². The largest absolute Gasteiger partial charge is 0.352 e. The number of nitrogens with one attached hydrogen (secondary N) is 2. The van der Waals surface area contributed by atoms with Crippen molar-refractivity contribution < 1.29 is 9.59 Å². The van der Waals surface area contributed by atoms with Gasteiger partial charge in [-0.1, -0.05) is 32.1 Å². The Morgan fingerprint density at radius 2 is 1.32 bits per heavy atom. The summed E-state index contributed by atoms with van der Waals surface area (Å²) in [5, 5.41) is 6.17. The summed E-state index contributed by atoms with van der Waals surface area (Å²) in [5.41, 5.74) is -0.144. The summed E-state index contributed by atoms with van der Waals surface area (Å²) in [4.78, 5) is 25.2. The SMILES string of the molecule is O=C(CNC(=O)C12CC3CC(CC(C3)C1)C2)NC1CCCCCCC1. The third-order valence-electron chi connectivity index (χ3n) is 7.40. The first-order valence-corrected chi connectivity index (χ1v) is 10.7. The van der Waals surface area contributed by atoms with E-state index in [0.29, 0.717) is 6.04 Å². The number of hydrogen-bond acceptors (Lipinski definition) is 2. The topological polar surface area (TPSA) is 58.2 Å². The number of carbonyl (C=O) groups is 2. The highest BCUT2D eigenvalue weighted by atomic mass is 16.2. The predicted molar refractivity (Wildman–Crippen MR) is 97.9 cm³/mol. The fourth-order valence-electron chi connectivity index (χ4n) is 6.62. The first-order chi connectivity index (χ1) is 12.1. The minimum atomic E-state index is -0.144. The molecule has 4 bridgehead atoms. The van der Waals surface area contributed by atoms with Crippen LogP contribution in [-0.2, 0) is 9.59 Å². The summed E-state index contributed by atoms with van der Waals surface area (Å²) in [6, 6.07) is 0.309. The van der Waals surface area contributed by atoms with E-state index < -0.39 is 0 Å². The summed E-state index contributed by atoms with van der Waals surface area (Å²) >= 11 is 0. The molecule has 0 radical (unpaired) electrons. The average Bonchev–Trinajstić information content (AvgIpc) is 2.53. The summed E-state index contributed by atoms with van der Waals surface area (Å²) < 4.78 is 0. The first-order valence-electron chi connectivity index (χ1n) is 10.7. The van der Waals surface area contributed by atoms with Crippen LogP contribution in [0.4, 0.5) is 0 Å². The van der Waals surface area contributed by atoms with Crippen LogP contribution in [0, 0.1) is 23.2 Å². The van der Waals surface area contributed by atoms with Gasteiger partial charge in [-0.3, -0.25) is 9.59 Å². The quantitative estimate of drug-likeness (QED) is 0.818. The second kappa shape index (κ2) is 7.28. The molecule has 0 spiro atoms. The van der Waals surface area contributed by atoms with Gasteiger partial charge in [0.15, 0.2) is 0 Å². The number of rotatable bonds is 4. The van der Waals surface area contributed by atoms with E-state index in [1.54, 1.807) is 0 Å². The Morgan fingerprint density at radius 3 is 1.88 bits per heavy atom. The van der Waals surface area contributed by atoms with Gasteiger partial charge in [0, 0.05) is 11.5 Å². The zero-order chi connectivity index (χ0) is 17.3. The van der Waals surface area contributed by atoms with Gasteiger partial charge >= 0.3 is 0 Å². The fourth-order valence-corrected chi connectivity index (χ4v) is 6.62. The van der Waals surface area contributed by atoms with Crippen molar-refractivity contribution in [2.75, 3.05) is 6.54 Å². The molecule has 0 aromatic heterocycles. The maximum atomic E-state index is 12.9. The highest BCUT2D eigenvalue weighted by Gasteiger charge is 2.54. The van der Waals surface area contributed by atoms with E-state index in [-0.39, 0.29) is 23.8 Å². The van der Waals surface area contributed by atoms with E-state index in [4.69, 9.17) is 0 Å². The number of amides is 2. The maximum absolute atomic E-state index is 12.9. The van der Waals surface area contributed by atoms with E-state index in [1.165, 1.54) is 51.4 Å². The average molecular weight is 347 g/mol. The molecule has 25 heavy (non-hydrogen) atoms. The van der Waals surface area contributed by atoms with E-state index in [9.17, 15) is 9.59 Å². The molecule has 0 unspecified atom stereocenters. The van der Waals surface area contributed by atoms with Crippen LogP contribution in [0.15, 0.2) is 0 Å². The summed E-state index contributed by atoms with van der Waals surface area (Å²) in [7, 11) is 0. The molecule has 5 saturated carbocycles. The molecule has 0 heterocycles. The van der Waals surface area contributed by atoms with Crippen molar-refractivity contribution in [3.05, 3.63) is 0 Å². The van der Waals surface area contributed by atoms with Gasteiger partial charge in [0.05, 0.1) is 6.54 Å². The minimum Gasteiger partial charge on any atom is -0.352 e. The van der Waals surface area contributed by atoms with Crippen LogP contribution in [0.2, 0.25) is 0 Å². The van der Waals surface area contributed by atoms with Gasteiger partial charge in [0.1, 0.15) is 0 Å². The molecule has 0 aromatic carbocycles. The fraction of sp³-hybridized carbons (Fsp3) is 0.905. The van der Waals surface area contributed by atoms with Crippen molar-refractivity contribution in [2.24, 2.45) is 23.2 Å². The van der Waals surface area contributed by atoms with E-state index in [2.05, 4.69) is 10.6 Å². The Hall–Kier alpha value is -1.06. The molecule has 0 saturated heterocycles. The molecule has 5 fully saturated rings. The van der Waals surface area contributed by atoms with Crippen LogP contribution in [0.1, 0.15) is 83.5 Å². The molecule has 0 atom stereocenters. The normalized spacial score (nSPS) is 38.0.